The highest BCUT2D eigenvalue weighted by Crippen LogP contribution is 2.19. The smallest absolute Gasteiger partial charge is 0.228 e. The molecule has 88 valence electrons. The van der Waals surface area contributed by atoms with Crippen molar-refractivity contribution in [3.8, 4) is 0 Å². The lowest BCUT2D eigenvalue weighted by molar-refractivity contribution is -0.119. The van der Waals surface area contributed by atoms with Crippen LogP contribution in [-0.2, 0) is 4.79 Å². The first-order valence-corrected chi connectivity index (χ1v) is 5.74. The Morgan fingerprint density at radius 1 is 1.56 bits per heavy atom. The van der Waals surface area contributed by atoms with Crippen molar-refractivity contribution in [1.29, 1.82) is 0 Å². The first-order valence-electron chi connectivity index (χ1n) is 4.95. The fraction of sp³-hybridized carbons (Fsp3) is 0.364. The van der Waals surface area contributed by atoms with Crippen LogP contribution in [0.15, 0.2) is 22.7 Å². The van der Waals surface area contributed by atoms with Crippen molar-refractivity contribution in [3.05, 3.63) is 28.5 Å². The number of amides is 1. The molecular formula is C11H14BrFN2O. The second-order valence-corrected chi connectivity index (χ2v) is 4.43. The Labute approximate surface area is 103 Å². The zero-order chi connectivity index (χ0) is 12.1. The van der Waals surface area contributed by atoms with Crippen LogP contribution < -0.4 is 10.6 Å². The average molecular weight is 289 g/mol. The molecule has 1 unspecified atom stereocenters. The highest BCUT2D eigenvalue weighted by molar-refractivity contribution is 9.10. The van der Waals surface area contributed by atoms with E-state index in [1.54, 1.807) is 26.1 Å². The number of carbonyl (C=O) groups is 1. The Morgan fingerprint density at radius 3 is 2.81 bits per heavy atom. The van der Waals surface area contributed by atoms with E-state index in [4.69, 9.17) is 0 Å². The van der Waals surface area contributed by atoms with Crippen molar-refractivity contribution < 1.29 is 9.18 Å². The minimum atomic E-state index is -0.390. The summed E-state index contributed by atoms with van der Waals surface area (Å²) in [4.78, 5) is 11.6. The Morgan fingerprint density at radius 2 is 2.25 bits per heavy atom. The van der Waals surface area contributed by atoms with Gasteiger partial charge in [0.05, 0.1) is 4.47 Å². The first-order chi connectivity index (χ1) is 7.54. The van der Waals surface area contributed by atoms with E-state index in [1.807, 2.05) is 0 Å². The second-order valence-electron chi connectivity index (χ2n) is 3.58. The Balaban J connectivity index is 2.66. The van der Waals surface area contributed by atoms with Gasteiger partial charge in [0.25, 0.3) is 0 Å². The van der Waals surface area contributed by atoms with E-state index in [0.29, 0.717) is 16.7 Å². The fourth-order valence-electron chi connectivity index (χ4n) is 1.24. The largest absolute Gasteiger partial charge is 0.326 e. The van der Waals surface area contributed by atoms with E-state index in [-0.39, 0.29) is 17.6 Å². The maximum atomic E-state index is 13.2. The SMILES string of the molecule is CNCC(C)C(=O)Nc1ccc(Br)c(F)c1. The molecule has 0 aliphatic carbocycles. The molecule has 0 heterocycles. The fourth-order valence-corrected chi connectivity index (χ4v) is 1.48. The molecule has 0 aliphatic rings. The predicted molar refractivity (Wildman–Crippen MR) is 65.8 cm³/mol. The number of anilines is 1. The average Bonchev–Trinajstić information content (AvgIpc) is 2.24. The van der Waals surface area contributed by atoms with Crippen LogP contribution in [0.4, 0.5) is 10.1 Å². The number of hydrogen-bond donors (Lipinski definition) is 2. The van der Waals surface area contributed by atoms with E-state index in [9.17, 15) is 9.18 Å². The highest BCUT2D eigenvalue weighted by Gasteiger charge is 2.12. The maximum Gasteiger partial charge on any atom is 0.228 e. The van der Waals surface area contributed by atoms with Gasteiger partial charge in [0.15, 0.2) is 0 Å². The van der Waals surface area contributed by atoms with Crippen molar-refractivity contribution >= 4 is 27.5 Å². The molecule has 0 aliphatic heterocycles. The van der Waals surface area contributed by atoms with Crippen LogP contribution in [0.1, 0.15) is 6.92 Å². The van der Waals surface area contributed by atoms with Gasteiger partial charge in [-0.25, -0.2) is 4.39 Å². The molecule has 0 radical (unpaired) electrons. The molecule has 0 spiro atoms. The summed E-state index contributed by atoms with van der Waals surface area (Å²) in [5.74, 6) is -0.674. The molecule has 16 heavy (non-hydrogen) atoms. The predicted octanol–water partition coefficient (Wildman–Crippen LogP) is 2.38. The van der Waals surface area contributed by atoms with Crippen molar-refractivity contribution in [2.24, 2.45) is 5.92 Å². The number of halogens is 2. The summed E-state index contributed by atoms with van der Waals surface area (Å²) in [6, 6.07) is 4.50. The lowest BCUT2D eigenvalue weighted by Crippen LogP contribution is -2.28. The zero-order valence-corrected chi connectivity index (χ0v) is 10.8. The van der Waals surface area contributed by atoms with E-state index in [2.05, 4.69) is 26.6 Å². The van der Waals surface area contributed by atoms with Gasteiger partial charge in [-0.3, -0.25) is 4.79 Å². The molecule has 1 aromatic rings. The third-order valence-corrected chi connectivity index (χ3v) is 2.79. The van der Waals surface area contributed by atoms with Crippen LogP contribution in [-0.4, -0.2) is 19.5 Å². The van der Waals surface area contributed by atoms with Crippen LogP contribution in [0.2, 0.25) is 0 Å². The topological polar surface area (TPSA) is 41.1 Å². The summed E-state index contributed by atoms with van der Waals surface area (Å²) in [7, 11) is 1.78. The van der Waals surface area contributed by atoms with Gasteiger partial charge >= 0.3 is 0 Å². The molecule has 1 amide bonds. The van der Waals surface area contributed by atoms with Crippen LogP contribution in [0.3, 0.4) is 0 Å². The molecule has 3 nitrogen and oxygen atoms in total. The summed E-state index contributed by atoms with van der Waals surface area (Å²) in [6.45, 7) is 2.39. The normalized spacial score (nSPS) is 12.2. The Hall–Kier alpha value is -0.940. The molecule has 0 bridgehead atoms. The summed E-state index contributed by atoms with van der Waals surface area (Å²) in [6.07, 6.45) is 0. The van der Waals surface area contributed by atoms with Crippen LogP contribution >= 0.6 is 15.9 Å². The van der Waals surface area contributed by atoms with Gasteiger partial charge in [0.1, 0.15) is 5.82 Å². The lowest BCUT2D eigenvalue weighted by Gasteiger charge is -2.11. The quantitative estimate of drug-likeness (QED) is 0.893. The molecule has 2 N–H and O–H groups in total. The van der Waals surface area contributed by atoms with Gasteiger partial charge in [-0.15, -0.1) is 0 Å². The minimum absolute atomic E-state index is 0.129. The van der Waals surface area contributed by atoms with Crippen molar-refractivity contribution in [1.82, 2.24) is 5.32 Å². The second kappa shape index (κ2) is 5.96. The summed E-state index contributed by atoms with van der Waals surface area (Å²) >= 11 is 3.05. The molecule has 0 saturated carbocycles. The van der Waals surface area contributed by atoms with Gasteiger partial charge in [0, 0.05) is 18.2 Å². The summed E-state index contributed by atoms with van der Waals surface area (Å²) in [5.41, 5.74) is 0.466. The van der Waals surface area contributed by atoms with Crippen molar-refractivity contribution in [3.63, 3.8) is 0 Å². The Kier molecular flexibility index (Phi) is 4.89. The molecule has 5 heteroatoms. The standard InChI is InChI=1S/C11H14BrFN2O/c1-7(6-14-2)11(16)15-8-3-4-9(12)10(13)5-8/h3-5,7,14H,6H2,1-2H3,(H,15,16). The minimum Gasteiger partial charge on any atom is -0.326 e. The monoisotopic (exact) mass is 288 g/mol. The van der Waals surface area contributed by atoms with Gasteiger partial charge < -0.3 is 10.6 Å². The van der Waals surface area contributed by atoms with E-state index >= 15 is 0 Å². The van der Waals surface area contributed by atoms with E-state index in [1.165, 1.54) is 6.07 Å². The van der Waals surface area contributed by atoms with Crippen LogP contribution in [0, 0.1) is 11.7 Å². The molecular weight excluding hydrogens is 275 g/mol. The molecule has 1 aromatic carbocycles. The van der Waals surface area contributed by atoms with Gasteiger partial charge in [0.2, 0.25) is 5.91 Å². The van der Waals surface area contributed by atoms with Crippen molar-refractivity contribution in [2.75, 3.05) is 18.9 Å². The third-order valence-electron chi connectivity index (χ3n) is 2.15. The van der Waals surface area contributed by atoms with Gasteiger partial charge in [-0.2, -0.15) is 0 Å². The maximum absolute atomic E-state index is 13.2. The Bertz CT molecular complexity index is 384. The molecule has 1 atom stereocenters. The summed E-state index contributed by atoms with van der Waals surface area (Å²) in [5, 5.41) is 5.57. The zero-order valence-electron chi connectivity index (χ0n) is 9.18. The first kappa shape index (κ1) is 13.1. The number of nitrogens with one attached hydrogen (secondary N) is 2. The molecule has 0 fully saturated rings. The van der Waals surface area contributed by atoms with Gasteiger partial charge in [-0.05, 0) is 41.2 Å². The van der Waals surface area contributed by atoms with Crippen molar-refractivity contribution in [2.45, 2.75) is 6.92 Å². The number of carbonyl (C=O) groups excluding carboxylic acids is 1. The highest BCUT2D eigenvalue weighted by atomic mass is 79.9. The number of benzene rings is 1. The third kappa shape index (κ3) is 3.57. The van der Waals surface area contributed by atoms with E-state index < -0.39 is 0 Å². The van der Waals surface area contributed by atoms with Crippen LogP contribution in [0.25, 0.3) is 0 Å². The molecule has 0 aromatic heterocycles. The molecule has 0 saturated heterocycles. The van der Waals surface area contributed by atoms with E-state index in [0.717, 1.165) is 0 Å². The molecule has 1 rings (SSSR count). The van der Waals surface area contributed by atoms with Crippen LogP contribution in [0.5, 0.6) is 0 Å². The van der Waals surface area contributed by atoms with Gasteiger partial charge in [-0.1, -0.05) is 6.92 Å². The summed E-state index contributed by atoms with van der Waals surface area (Å²) < 4.78 is 13.6. The number of hydrogen-bond acceptors (Lipinski definition) is 2. The lowest BCUT2D eigenvalue weighted by atomic mass is 10.1. The number of rotatable bonds is 4.